The first-order chi connectivity index (χ1) is 10.1. The lowest BCUT2D eigenvalue weighted by molar-refractivity contribution is -0.122. The molecule has 0 aromatic heterocycles. The number of urea groups is 1. The molecule has 1 aliphatic heterocycles. The van der Waals surface area contributed by atoms with Crippen LogP contribution in [-0.4, -0.2) is 43.1 Å². The average Bonchev–Trinajstić information content (AvgIpc) is 2.93. The van der Waals surface area contributed by atoms with Crippen molar-refractivity contribution in [3.05, 3.63) is 24.3 Å². The number of imide groups is 1. The Morgan fingerprint density at radius 1 is 1.52 bits per heavy atom. The van der Waals surface area contributed by atoms with Crippen LogP contribution >= 0.6 is 0 Å². The van der Waals surface area contributed by atoms with Crippen LogP contribution in [0.3, 0.4) is 0 Å². The Balaban J connectivity index is 2.02. The van der Waals surface area contributed by atoms with Gasteiger partial charge in [0.2, 0.25) is 6.41 Å². The molecule has 1 aromatic rings. The molecular weight excluding hydrogens is 276 g/mol. The van der Waals surface area contributed by atoms with Crippen molar-refractivity contribution in [1.29, 1.82) is 0 Å². The molecule has 21 heavy (non-hydrogen) atoms. The van der Waals surface area contributed by atoms with Crippen molar-refractivity contribution in [3.63, 3.8) is 0 Å². The van der Waals surface area contributed by atoms with E-state index in [-0.39, 0.29) is 19.5 Å². The highest BCUT2D eigenvalue weighted by atomic mass is 16.7. The molecule has 0 saturated carbocycles. The molecule has 3 amide bonds. The Bertz CT molecular complexity index is 500. The molecule has 114 valence electrons. The SMILES string of the molecule is CC(C)Oc1cccc(NC(=O)N(C=O)C2COCO2)c1. The quantitative estimate of drug-likeness (QED) is 0.838. The van der Waals surface area contributed by atoms with Gasteiger partial charge in [0.15, 0.2) is 6.23 Å². The number of amides is 3. The van der Waals surface area contributed by atoms with Gasteiger partial charge in [-0.05, 0) is 26.0 Å². The summed E-state index contributed by atoms with van der Waals surface area (Å²) in [4.78, 5) is 24.0. The van der Waals surface area contributed by atoms with Crippen molar-refractivity contribution in [1.82, 2.24) is 4.90 Å². The third-order valence-electron chi connectivity index (χ3n) is 2.72. The zero-order valence-corrected chi connectivity index (χ0v) is 11.9. The molecule has 1 fully saturated rings. The van der Waals surface area contributed by atoms with Gasteiger partial charge < -0.3 is 19.5 Å². The second-order valence-corrected chi connectivity index (χ2v) is 4.75. The van der Waals surface area contributed by atoms with E-state index in [0.29, 0.717) is 17.8 Å². The molecule has 0 spiro atoms. The van der Waals surface area contributed by atoms with Crippen LogP contribution in [0.5, 0.6) is 5.75 Å². The molecule has 1 aromatic carbocycles. The van der Waals surface area contributed by atoms with E-state index in [1.54, 1.807) is 24.3 Å². The summed E-state index contributed by atoms with van der Waals surface area (Å²) in [5, 5.41) is 2.62. The molecule has 1 atom stereocenters. The fraction of sp³-hybridized carbons (Fsp3) is 0.429. The second kappa shape index (κ2) is 7.05. The lowest BCUT2D eigenvalue weighted by atomic mass is 10.3. The van der Waals surface area contributed by atoms with E-state index in [0.717, 1.165) is 4.90 Å². The van der Waals surface area contributed by atoms with Gasteiger partial charge in [0.1, 0.15) is 12.5 Å². The van der Waals surface area contributed by atoms with Gasteiger partial charge in [-0.25, -0.2) is 9.69 Å². The summed E-state index contributed by atoms with van der Waals surface area (Å²) in [6.07, 6.45) is -0.243. The summed E-state index contributed by atoms with van der Waals surface area (Å²) in [5.41, 5.74) is 0.531. The summed E-state index contributed by atoms with van der Waals surface area (Å²) in [6, 6.07) is 6.36. The zero-order valence-electron chi connectivity index (χ0n) is 11.9. The van der Waals surface area contributed by atoms with Gasteiger partial charge in [-0.15, -0.1) is 0 Å². The third-order valence-corrected chi connectivity index (χ3v) is 2.72. The van der Waals surface area contributed by atoms with Crippen molar-refractivity contribution in [2.45, 2.75) is 26.2 Å². The van der Waals surface area contributed by atoms with Gasteiger partial charge >= 0.3 is 6.03 Å². The summed E-state index contributed by atoms with van der Waals surface area (Å²) < 4.78 is 15.7. The summed E-state index contributed by atoms with van der Waals surface area (Å²) >= 11 is 0. The molecule has 1 N–H and O–H groups in total. The largest absolute Gasteiger partial charge is 0.491 e. The minimum absolute atomic E-state index is 0.0338. The van der Waals surface area contributed by atoms with Gasteiger partial charge in [-0.1, -0.05) is 6.07 Å². The monoisotopic (exact) mass is 294 g/mol. The van der Waals surface area contributed by atoms with Crippen LogP contribution in [0.4, 0.5) is 10.5 Å². The maximum Gasteiger partial charge on any atom is 0.330 e. The van der Waals surface area contributed by atoms with E-state index >= 15 is 0 Å². The Hall–Kier alpha value is -2.12. The number of benzene rings is 1. The molecule has 1 unspecified atom stereocenters. The first-order valence-electron chi connectivity index (χ1n) is 6.61. The van der Waals surface area contributed by atoms with E-state index in [1.165, 1.54) is 0 Å². The first-order valence-corrected chi connectivity index (χ1v) is 6.61. The Kier molecular flexibility index (Phi) is 5.13. The van der Waals surface area contributed by atoms with Gasteiger partial charge in [0, 0.05) is 11.8 Å². The van der Waals surface area contributed by atoms with E-state index in [4.69, 9.17) is 14.2 Å². The minimum atomic E-state index is -0.697. The normalized spacial score (nSPS) is 17.6. The first kappa shape index (κ1) is 15.3. The minimum Gasteiger partial charge on any atom is -0.491 e. The number of carbonyl (C=O) groups excluding carboxylic acids is 2. The number of ether oxygens (including phenoxy) is 3. The molecule has 7 nitrogen and oxygen atoms in total. The van der Waals surface area contributed by atoms with Crippen LogP contribution in [0.2, 0.25) is 0 Å². The van der Waals surface area contributed by atoms with Crippen LogP contribution in [-0.2, 0) is 14.3 Å². The molecule has 1 aliphatic rings. The predicted molar refractivity (Wildman–Crippen MR) is 74.8 cm³/mol. The van der Waals surface area contributed by atoms with Gasteiger partial charge in [0.05, 0.1) is 12.7 Å². The standard InChI is InChI=1S/C14H18N2O5/c1-10(2)21-12-5-3-4-11(6-12)15-14(18)16(8-17)13-7-19-9-20-13/h3-6,8,10,13H,7,9H2,1-2H3,(H,15,18). The molecule has 1 saturated heterocycles. The highest BCUT2D eigenvalue weighted by Gasteiger charge is 2.28. The number of anilines is 1. The number of hydrogen-bond donors (Lipinski definition) is 1. The Morgan fingerprint density at radius 2 is 2.33 bits per heavy atom. The van der Waals surface area contributed by atoms with E-state index in [2.05, 4.69) is 5.32 Å². The Labute approximate surface area is 122 Å². The topological polar surface area (TPSA) is 77.1 Å². The fourth-order valence-electron chi connectivity index (χ4n) is 1.84. The van der Waals surface area contributed by atoms with Crippen molar-refractivity contribution in [3.8, 4) is 5.75 Å². The number of rotatable bonds is 5. The lowest BCUT2D eigenvalue weighted by Gasteiger charge is -2.21. The molecule has 0 aliphatic carbocycles. The number of carbonyl (C=O) groups is 2. The second-order valence-electron chi connectivity index (χ2n) is 4.75. The third kappa shape index (κ3) is 4.17. The van der Waals surface area contributed by atoms with Crippen LogP contribution in [0.15, 0.2) is 24.3 Å². The van der Waals surface area contributed by atoms with Crippen LogP contribution in [0.1, 0.15) is 13.8 Å². The maximum absolute atomic E-state index is 12.1. The highest BCUT2D eigenvalue weighted by molar-refractivity contribution is 5.95. The van der Waals surface area contributed by atoms with Gasteiger partial charge in [-0.2, -0.15) is 0 Å². The van der Waals surface area contributed by atoms with Crippen molar-refractivity contribution in [2.75, 3.05) is 18.7 Å². The average molecular weight is 294 g/mol. The summed E-state index contributed by atoms with van der Waals surface area (Å²) in [6.45, 7) is 4.07. The van der Waals surface area contributed by atoms with E-state index in [1.807, 2.05) is 13.8 Å². The predicted octanol–water partition coefficient (Wildman–Crippen LogP) is 1.79. The number of nitrogens with zero attached hydrogens (tertiary/aromatic N) is 1. The molecule has 1 heterocycles. The fourth-order valence-corrected chi connectivity index (χ4v) is 1.84. The van der Waals surface area contributed by atoms with Crippen LogP contribution in [0.25, 0.3) is 0 Å². The van der Waals surface area contributed by atoms with Gasteiger partial charge in [-0.3, -0.25) is 4.79 Å². The smallest absolute Gasteiger partial charge is 0.330 e. The number of hydrogen-bond acceptors (Lipinski definition) is 5. The zero-order chi connectivity index (χ0) is 15.2. The molecule has 2 rings (SSSR count). The molecule has 0 bridgehead atoms. The lowest BCUT2D eigenvalue weighted by Crippen LogP contribution is -2.43. The summed E-state index contributed by atoms with van der Waals surface area (Å²) in [7, 11) is 0. The van der Waals surface area contributed by atoms with Crippen LogP contribution in [0, 0.1) is 0 Å². The molecule has 0 radical (unpaired) electrons. The van der Waals surface area contributed by atoms with Gasteiger partial charge in [0.25, 0.3) is 0 Å². The van der Waals surface area contributed by atoms with Crippen molar-refractivity contribution in [2.24, 2.45) is 0 Å². The van der Waals surface area contributed by atoms with E-state index in [9.17, 15) is 9.59 Å². The molecule has 7 heteroatoms. The Morgan fingerprint density at radius 3 is 2.95 bits per heavy atom. The van der Waals surface area contributed by atoms with Crippen LogP contribution < -0.4 is 10.1 Å². The maximum atomic E-state index is 12.1. The number of nitrogens with one attached hydrogen (secondary N) is 1. The van der Waals surface area contributed by atoms with E-state index < -0.39 is 12.3 Å². The summed E-state index contributed by atoms with van der Waals surface area (Å²) in [5.74, 6) is 0.640. The molecular formula is C14H18N2O5. The van der Waals surface area contributed by atoms with Crippen molar-refractivity contribution < 1.29 is 23.8 Å². The van der Waals surface area contributed by atoms with Crippen molar-refractivity contribution >= 4 is 18.1 Å². The highest BCUT2D eigenvalue weighted by Crippen LogP contribution is 2.19.